The SMILES string of the molecule is COC(=O)C1(NC(=O)c2cc(-c3ccccc3)nc3c2c(C)nn3C)CCC(C)CC1. The van der Waals surface area contributed by atoms with Gasteiger partial charge in [-0.15, -0.1) is 0 Å². The average molecular weight is 421 g/mol. The van der Waals surface area contributed by atoms with Crippen molar-refractivity contribution in [3.63, 3.8) is 0 Å². The molecule has 31 heavy (non-hydrogen) atoms. The van der Waals surface area contributed by atoms with Crippen molar-refractivity contribution in [1.82, 2.24) is 20.1 Å². The van der Waals surface area contributed by atoms with E-state index in [1.54, 1.807) is 10.7 Å². The predicted octanol–water partition coefficient (Wildman–Crippen LogP) is 3.80. The van der Waals surface area contributed by atoms with Crippen molar-refractivity contribution in [3.8, 4) is 11.3 Å². The molecule has 0 saturated heterocycles. The lowest BCUT2D eigenvalue weighted by Gasteiger charge is -2.37. The molecule has 1 saturated carbocycles. The summed E-state index contributed by atoms with van der Waals surface area (Å²) in [7, 11) is 3.19. The van der Waals surface area contributed by atoms with E-state index < -0.39 is 5.54 Å². The summed E-state index contributed by atoms with van der Waals surface area (Å²) in [5, 5.41) is 8.22. The molecule has 162 valence electrons. The number of methoxy groups -OCH3 is 1. The van der Waals surface area contributed by atoms with Crippen LogP contribution in [-0.4, -0.2) is 39.3 Å². The number of aromatic nitrogens is 3. The van der Waals surface area contributed by atoms with E-state index in [4.69, 9.17) is 9.72 Å². The van der Waals surface area contributed by atoms with Crippen LogP contribution >= 0.6 is 0 Å². The molecule has 2 aromatic heterocycles. The summed E-state index contributed by atoms with van der Waals surface area (Å²) in [6.07, 6.45) is 2.86. The van der Waals surface area contributed by atoms with Gasteiger partial charge in [-0.3, -0.25) is 9.48 Å². The third-order valence-corrected chi connectivity index (χ3v) is 6.34. The fraction of sp³-hybridized carbons (Fsp3) is 0.417. The van der Waals surface area contributed by atoms with E-state index >= 15 is 0 Å². The van der Waals surface area contributed by atoms with Crippen LogP contribution in [0.1, 0.15) is 48.7 Å². The Morgan fingerprint density at radius 2 is 1.87 bits per heavy atom. The van der Waals surface area contributed by atoms with Crippen molar-refractivity contribution in [1.29, 1.82) is 0 Å². The Morgan fingerprint density at radius 3 is 2.52 bits per heavy atom. The lowest BCUT2D eigenvalue weighted by atomic mass is 9.77. The number of rotatable bonds is 4. The van der Waals surface area contributed by atoms with Gasteiger partial charge in [0.2, 0.25) is 0 Å². The molecule has 0 aliphatic heterocycles. The van der Waals surface area contributed by atoms with Crippen molar-refractivity contribution in [2.45, 2.75) is 45.1 Å². The van der Waals surface area contributed by atoms with Gasteiger partial charge in [-0.25, -0.2) is 9.78 Å². The molecule has 2 heterocycles. The number of carbonyl (C=O) groups is 2. The molecule has 4 rings (SSSR count). The van der Waals surface area contributed by atoms with Gasteiger partial charge in [-0.2, -0.15) is 5.10 Å². The van der Waals surface area contributed by atoms with Crippen LogP contribution in [0.15, 0.2) is 36.4 Å². The lowest BCUT2D eigenvalue weighted by Crippen LogP contribution is -2.56. The largest absolute Gasteiger partial charge is 0.467 e. The first-order chi connectivity index (χ1) is 14.8. The van der Waals surface area contributed by atoms with E-state index in [2.05, 4.69) is 17.3 Å². The van der Waals surface area contributed by atoms with E-state index in [1.165, 1.54) is 7.11 Å². The third-order valence-electron chi connectivity index (χ3n) is 6.34. The fourth-order valence-corrected chi connectivity index (χ4v) is 4.50. The van der Waals surface area contributed by atoms with Gasteiger partial charge in [-0.05, 0) is 44.6 Å². The molecule has 7 nitrogen and oxygen atoms in total. The molecule has 3 aromatic rings. The molecule has 1 amide bonds. The van der Waals surface area contributed by atoms with Gasteiger partial charge in [-0.1, -0.05) is 37.3 Å². The van der Waals surface area contributed by atoms with Crippen molar-refractivity contribution in [3.05, 3.63) is 47.7 Å². The predicted molar refractivity (Wildman–Crippen MR) is 119 cm³/mol. The smallest absolute Gasteiger partial charge is 0.331 e. The molecular weight excluding hydrogens is 392 g/mol. The highest BCUT2D eigenvalue weighted by molar-refractivity contribution is 6.09. The highest BCUT2D eigenvalue weighted by atomic mass is 16.5. The number of fused-ring (bicyclic) bond motifs is 1. The van der Waals surface area contributed by atoms with E-state index in [0.29, 0.717) is 41.1 Å². The molecule has 1 aliphatic rings. The van der Waals surface area contributed by atoms with Crippen LogP contribution in [0.3, 0.4) is 0 Å². The maximum Gasteiger partial charge on any atom is 0.331 e. The number of pyridine rings is 1. The zero-order chi connectivity index (χ0) is 22.2. The zero-order valence-electron chi connectivity index (χ0n) is 18.4. The minimum atomic E-state index is -1.00. The van der Waals surface area contributed by atoms with Crippen LogP contribution in [0.25, 0.3) is 22.3 Å². The molecule has 0 atom stereocenters. The van der Waals surface area contributed by atoms with Crippen LogP contribution in [0.4, 0.5) is 0 Å². The quantitative estimate of drug-likeness (QED) is 0.649. The Hall–Kier alpha value is -3.22. The summed E-state index contributed by atoms with van der Waals surface area (Å²) in [6, 6.07) is 11.5. The Morgan fingerprint density at radius 1 is 1.19 bits per heavy atom. The van der Waals surface area contributed by atoms with Gasteiger partial charge in [0.1, 0.15) is 5.54 Å². The molecule has 1 fully saturated rings. The topological polar surface area (TPSA) is 86.1 Å². The molecule has 0 spiro atoms. The minimum Gasteiger partial charge on any atom is -0.467 e. The number of amides is 1. The molecule has 0 bridgehead atoms. The molecule has 7 heteroatoms. The number of nitrogens with one attached hydrogen (secondary N) is 1. The number of aryl methyl sites for hydroxylation is 2. The monoisotopic (exact) mass is 420 g/mol. The first-order valence-corrected chi connectivity index (χ1v) is 10.7. The van der Waals surface area contributed by atoms with Gasteiger partial charge in [0, 0.05) is 12.6 Å². The summed E-state index contributed by atoms with van der Waals surface area (Å²) in [5.74, 6) is -0.169. The van der Waals surface area contributed by atoms with Gasteiger partial charge < -0.3 is 10.1 Å². The van der Waals surface area contributed by atoms with E-state index in [9.17, 15) is 9.59 Å². The number of benzene rings is 1. The second-order valence-corrected chi connectivity index (χ2v) is 8.54. The van der Waals surface area contributed by atoms with Crippen molar-refractivity contribution in [2.75, 3.05) is 7.11 Å². The second-order valence-electron chi connectivity index (χ2n) is 8.54. The van der Waals surface area contributed by atoms with Crippen molar-refractivity contribution < 1.29 is 14.3 Å². The van der Waals surface area contributed by atoms with E-state index in [1.807, 2.05) is 44.3 Å². The summed E-state index contributed by atoms with van der Waals surface area (Å²) in [5.41, 5.74) is 2.41. The third kappa shape index (κ3) is 3.80. The zero-order valence-corrected chi connectivity index (χ0v) is 18.4. The minimum absolute atomic E-state index is 0.305. The van der Waals surface area contributed by atoms with Crippen LogP contribution in [0, 0.1) is 12.8 Å². The Bertz CT molecular complexity index is 1130. The number of nitrogens with zero attached hydrogens (tertiary/aromatic N) is 3. The van der Waals surface area contributed by atoms with Crippen molar-refractivity contribution in [2.24, 2.45) is 13.0 Å². The van der Waals surface area contributed by atoms with Crippen molar-refractivity contribution >= 4 is 22.9 Å². The Balaban J connectivity index is 1.80. The maximum atomic E-state index is 13.6. The Kier molecular flexibility index (Phi) is 5.52. The summed E-state index contributed by atoms with van der Waals surface area (Å²) >= 11 is 0. The molecule has 1 aromatic carbocycles. The maximum absolute atomic E-state index is 13.6. The van der Waals surface area contributed by atoms with Gasteiger partial charge in [0.05, 0.1) is 29.4 Å². The summed E-state index contributed by atoms with van der Waals surface area (Å²) < 4.78 is 6.78. The average Bonchev–Trinajstić information content (AvgIpc) is 3.08. The molecule has 0 unspecified atom stereocenters. The first-order valence-electron chi connectivity index (χ1n) is 10.7. The van der Waals surface area contributed by atoms with E-state index in [0.717, 1.165) is 24.1 Å². The highest BCUT2D eigenvalue weighted by Gasteiger charge is 2.44. The number of ether oxygens (including phenoxy) is 1. The highest BCUT2D eigenvalue weighted by Crippen LogP contribution is 2.34. The number of carbonyl (C=O) groups excluding carboxylic acids is 2. The van der Waals surface area contributed by atoms with Crippen LogP contribution in [-0.2, 0) is 16.6 Å². The van der Waals surface area contributed by atoms with Crippen LogP contribution in [0.2, 0.25) is 0 Å². The number of esters is 1. The number of hydrogen-bond donors (Lipinski definition) is 1. The second kappa shape index (κ2) is 8.13. The van der Waals surface area contributed by atoms with Crippen LogP contribution in [0.5, 0.6) is 0 Å². The van der Waals surface area contributed by atoms with Gasteiger partial charge >= 0.3 is 5.97 Å². The number of hydrogen-bond acceptors (Lipinski definition) is 5. The summed E-state index contributed by atoms with van der Waals surface area (Å²) in [4.78, 5) is 31.1. The first kappa shape index (κ1) is 21.0. The molecular formula is C24H28N4O3. The summed E-state index contributed by atoms with van der Waals surface area (Å²) in [6.45, 7) is 4.03. The molecule has 0 radical (unpaired) electrons. The molecule has 1 aliphatic carbocycles. The van der Waals surface area contributed by atoms with Gasteiger partial charge in [0.15, 0.2) is 5.65 Å². The van der Waals surface area contributed by atoms with Gasteiger partial charge in [0.25, 0.3) is 5.91 Å². The fourth-order valence-electron chi connectivity index (χ4n) is 4.50. The normalized spacial score (nSPS) is 21.1. The Labute approximate surface area is 181 Å². The van der Waals surface area contributed by atoms with E-state index in [-0.39, 0.29) is 11.9 Å². The molecule has 1 N–H and O–H groups in total. The standard InChI is InChI=1S/C24H28N4O3/c1-15-10-12-24(13-11-15,23(30)31-4)26-22(29)18-14-19(17-8-6-5-7-9-17)25-21-20(18)16(2)27-28(21)3/h5-9,14-15H,10-13H2,1-4H3,(H,26,29). The van der Waals surface area contributed by atoms with Crippen LogP contribution < -0.4 is 5.32 Å². The lowest BCUT2D eigenvalue weighted by molar-refractivity contribution is -0.150.